The Hall–Kier alpha value is -3.34. The lowest BCUT2D eigenvalue weighted by Crippen LogP contribution is -2.48. The van der Waals surface area contributed by atoms with E-state index in [1.165, 1.54) is 36.4 Å². The number of fused-ring (bicyclic) bond motifs is 2. The fourth-order valence-corrected chi connectivity index (χ4v) is 4.98. The number of amides is 3. The predicted molar refractivity (Wildman–Crippen MR) is 125 cm³/mol. The van der Waals surface area contributed by atoms with Gasteiger partial charge in [-0.15, -0.1) is 0 Å². The summed E-state index contributed by atoms with van der Waals surface area (Å²) in [6, 6.07) is 9.40. The third-order valence-corrected chi connectivity index (χ3v) is 6.77. The molecule has 2 atom stereocenters. The molecule has 2 aliphatic rings. The third-order valence-electron chi connectivity index (χ3n) is 6.21. The number of urea groups is 1. The van der Waals surface area contributed by atoms with Gasteiger partial charge in [-0.1, -0.05) is 41.4 Å². The van der Waals surface area contributed by atoms with Gasteiger partial charge < -0.3 is 15.7 Å². The van der Waals surface area contributed by atoms with E-state index in [-0.39, 0.29) is 38.1 Å². The number of para-hydroxylation sites is 1. The summed E-state index contributed by atoms with van der Waals surface area (Å²) in [5.74, 6) is -1.18. The first-order valence-electron chi connectivity index (χ1n) is 10.5. The van der Waals surface area contributed by atoms with Crippen LogP contribution in [0.5, 0.6) is 0 Å². The van der Waals surface area contributed by atoms with Crippen LogP contribution in [0.25, 0.3) is 0 Å². The molecule has 36 heavy (non-hydrogen) atoms. The van der Waals surface area contributed by atoms with E-state index < -0.39 is 47.7 Å². The number of benzene rings is 3. The minimum Gasteiger partial charge on any atom is -0.375 e. The topological polar surface area (TPSA) is 81.7 Å². The van der Waals surface area contributed by atoms with E-state index in [0.717, 1.165) is 23.1 Å². The highest BCUT2D eigenvalue weighted by Gasteiger charge is 2.61. The van der Waals surface area contributed by atoms with Crippen LogP contribution < -0.4 is 15.5 Å². The van der Waals surface area contributed by atoms with Gasteiger partial charge in [0.1, 0.15) is 5.82 Å². The maximum absolute atomic E-state index is 14.0. The molecule has 2 aliphatic heterocycles. The summed E-state index contributed by atoms with van der Waals surface area (Å²) in [4.78, 5) is 26.7. The zero-order chi connectivity index (χ0) is 26.0. The first-order valence-corrected chi connectivity index (χ1v) is 11.2. The van der Waals surface area contributed by atoms with Gasteiger partial charge in [-0.2, -0.15) is 13.2 Å². The lowest BCUT2D eigenvalue weighted by molar-refractivity contribution is -0.258. The smallest absolute Gasteiger partial charge is 0.375 e. The van der Waals surface area contributed by atoms with Gasteiger partial charge >= 0.3 is 12.2 Å². The van der Waals surface area contributed by atoms with Crippen molar-refractivity contribution >= 4 is 46.5 Å². The number of hydrogen-bond acceptors (Lipinski definition) is 3. The molecule has 0 fully saturated rings. The molecular formula is C24H15Cl2F4N3O3. The zero-order valence-corrected chi connectivity index (χ0v) is 19.5. The van der Waals surface area contributed by atoms with Crippen molar-refractivity contribution in [1.82, 2.24) is 5.32 Å². The molecule has 0 bridgehead atoms. The summed E-state index contributed by atoms with van der Waals surface area (Å²) < 4.78 is 55.3. The first kappa shape index (κ1) is 24.4. The molecule has 186 valence electrons. The maximum Gasteiger partial charge on any atom is 0.423 e. The molecule has 2 unspecified atom stereocenters. The van der Waals surface area contributed by atoms with Crippen molar-refractivity contribution in [2.45, 2.75) is 17.8 Å². The van der Waals surface area contributed by atoms with E-state index in [2.05, 4.69) is 10.6 Å². The molecule has 3 aromatic carbocycles. The van der Waals surface area contributed by atoms with Gasteiger partial charge in [-0.25, -0.2) is 9.18 Å². The van der Waals surface area contributed by atoms with Crippen molar-refractivity contribution in [3.8, 4) is 0 Å². The number of hydrogen-bond donors (Lipinski definition) is 3. The largest absolute Gasteiger partial charge is 0.423 e. The van der Waals surface area contributed by atoms with Crippen LogP contribution in [-0.4, -0.2) is 29.8 Å². The molecule has 3 aromatic rings. The van der Waals surface area contributed by atoms with Crippen LogP contribution in [0.15, 0.2) is 54.6 Å². The summed E-state index contributed by atoms with van der Waals surface area (Å²) in [5, 5.41) is 15.9. The number of carbonyl (C=O) groups excluding carboxylic acids is 2. The molecule has 0 spiro atoms. The SMILES string of the molecule is O=C1NC(c2cc(F)ccc2Cl)c2c(NC(=O)N3CC(O)(C(F)(F)F)c4ccccc43)cc(Cl)cc21. The van der Waals surface area contributed by atoms with Crippen LogP contribution in [0.1, 0.15) is 33.1 Å². The van der Waals surface area contributed by atoms with Crippen LogP contribution >= 0.6 is 23.2 Å². The van der Waals surface area contributed by atoms with Crippen molar-refractivity contribution in [2.75, 3.05) is 16.8 Å². The van der Waals surface area contributed by atoms with Gasteiger partial charge in [-0.3, -0.25) is 9.69 Å². The molecular weight excluding hydrogens is 525 g/mol. The molecule has 3 amide bonds. The Morgan fingerprint density at radius 2 is 1.86 bits per heavy atom. The molecule has 6 nitrogen and oxygen atoms in total. The standard InChI is InChI=1S/C24H15Cl2F4N3O3/c25-11-7-14-19(20(32-21(14)34)13-9-12(27)5-6-16(13)26)17(8-11)31-22(35)33-10-23(36,24(28,29)30)15-3-1-2-4-18(15)33/h1-9,20,36H,10H2,(H,31,35)(H,32,34). The summed E-state index contributed by atoms with van der Waals surface area (Å²) in [6.07, 6.45) is -5.05. The summed E-state index contributed by atoms with van der Waals surface area (Å²) >= 11 is 12.4. The molecule has 5 rings (SSSR count). The lowest BCUT2D eigenvalue weighted by Gasteiger charge is -2.27. The van der Waals surface area contributed by atoms with Crippen molar-refractivity contribution in [2.24, 2.45) is 0 Å². The molecule has 12 heteroatoms. The van der Waals surface area contributed by atoms with Crippen molar-refractivity contribution in [1.29, 1.82) is 0 Å². The van der Waals surface area contributed by atoms with E-state index in [0.29, 0.717) is 0 Å². The number of carbonyl (C=O) groups is 2. The second-order valence-corrected chi connectivity index (χ2v) is 9.22. The first-order chi connectivity index (χ1) is 16.9. The van der Waals surface area contributed by atoms with Crippen LogP contribution in [0, 0.1) is 5.82 Å². The Kier molecular flexibility index (Phi) is 5.66. The second-order valence-electron chi connectivity index (χ2n) is 8.38. The number of aliphatic hydroxyl groups is 1. The highest BCUT2D eigenvalue weighted by Crippen LogP contribution is 2.49. The maximum atomic E-state index is 14.0. The fourth-order valence-electron chi connectivity index (χ4n) is 4.53. The van der Waals surface area contributed by atoms with E-state index in [1.807, 2.05) is 0 Å². The number of β-amino-alcohol motifs (C(OH)–C–C–N with tert-alkyl or cyclic N) is 1. The molecule has 0 aromatic heterocycles. The molecule has 2 heterocycles. The Morgan fingerprint density at radius 3 is 2.58 bits per heavy atom. The highest BCUT2D eigenvalue weighted by molar-refractivity contribution is 6.32. The normalized spacial score (nSPS) is 20.7. The van der Waals surface area contributed by atoms with Crippen LogP contribution in [0.4, 0.5) is 33.7 Å². The van der Waals surface area contributed by atoms with Gasteiger partial charge in [0, 0.05) is 32.3 Å². The van der Waals surface area contributed by atoms with E-state index in [9.17, 15) is 32.3 Å². The van der Waals surface area contributed by atoms with Gasteiger partial charge in [-0.05, 0) is 36.4 Å². The number of anilines is 2. The number of nitrogens with zero attached hydrogens (tertiary/aromatic N) is 1. The molecule has 0 saturated heterocycles. The third kappa shape index (κ3) is 3.76. The number of alkyl halides is 3. The molecule has 0 aliphatic carbocycles. The summed E-state index contributed by atoms with van der Waals surface area (Å²) in [7, 11) is 0. The monoisotopic (exact) mass is 539 g/mol. The van der Waals surface area contributed by atoms with Gasteiger partial charge in [0.25, 0.3) is 5.91 Å². The average Bonchev–Trinajstić information content (AvgIpc) is 3.31. The van der Waals surface area contributed by atoms with E-state index in [1.54, 1.807) is 0 Å². The Morgan fingerprint density at radius 1 is 1.14 bits per heavy atom. The van der Waals surface area contributed by atoms with Gasteiger partial charge in [0.05, 0.1) is 24.0 Å². The Bertz CT molecular complexity index is 1430. The highest BCUT2D eigenvalue weighted by atomic mass is 35.5. The van der Waals surface area contributed by atoms with Crippen LogP contribution in [0.3, 0.4) is 0 Å². The summed E-state index contributed by atoms with van der Waals surface area (Å²) in [5.41, 5.74) is -3.37. The molecule has 0 radical (unpaired) electrons. The van der Waals surface area contributed by atoms with Gasteiger partial charge in [0.2, 0.25) is 5.60 Å². The minimum atomic E-state index is -5.05. The van der Waals surface area contributed by atoms with E-state index >= 15 is 0 Å². The van der Waals surface area contributed by atoms with Crippen molar-refractivity contribution in [3.63, 3.8) is 0 Å². The number of rotatable bonds is 2. The average molecular weight is 540 g/mol. The molecule has 3 N–H and O–H groups in total. The molecule has 0 saturated carbocycles. The Balaban J connectivity index is 1.56. The number of nitrogens with one attached hydrogen (secondary N) is 2. The predicted octanol–water partition coefficient (Wildman–Crippen LogP) is 5.77. The summed E-state index contributed by atoms with van der Waals surface area (Å²) in [6.45, 7) is -1.08. The van der Waals surface area contributed by atoms with Crippen molar-refractivity contribution < 1.29 is 32.3 Å². The minimum absolute atomic E-state index is 0.00566. The van der Waals surface area contributed by atoms with Crippen molar-refractivity contribution in [3.05, 3.63) is 92.7 Å². The number of halogens is 6. The van der Waals surface area contributed by atoms with Crippen LogP contribution in [0.2, 0.25) is 10.0 Å². The Labute approximate surface area is 211 Å². The lowest BCUT2D eigenvalue weighted by atomic mass is 9.96. The van der Waals surface area contributed by atoms with E-state index in [4.69, 9.17) is 23.2 Å². The fraction of sp³-hybridized carbons (Fsp3) is 0.167. The zero-order valence-electron chi connectivity index (χ0n) is 18.0. The quantitative estimate of drug-likeness (QED) is 0.362. The van der Waals surface area contributed by atoms with Gasteiger partial charge in [0.15, 0.2) is 0 Å². The second kappa shape index (κ2) is 8.36. The van der Waals surface area contributed by atoms with Crippen LogP contribution in [-0.2, 0) is 5.60 Å².